The first-order valence-electron chi connectivity index (χ1n) is 4.85. The highest BCUT2D eigenvalue weighted by Gasteiger charge is 2.06. The van der Waals surface area contributed by atoms with E-state index in [1.807, 2.05) is 0 Å². The first kappa shape index (κ1) is 12.9. The molecule has 0 fully saturated rings. The van der Waals surface area contributed by atoms with Crippen molar-refractivity contribution in [3.8, 4) is 0 Å². The van der Waals surface area contributed by atoms with Crippen molar-refractivity contribution in [2.24, 2.45) is 0 Å². The van der Waals surface area contributed by atoms with Gasteiger partial charge in [-0.05, 0) is 26.2 Å². The lowest BCUT2D eigenvalue weighted by Crippen LogP contribution is -2.13. The van der Waals surface area contributed by atoms with Crippen LogP contribution in [-0.2, 0) is 14.3 Å². The minimum atomic E-state index is -0.290. The molecule has 0 aliphatic heterocycles. The molecule has 0 spiro atoms. The number of ketones is 1. The summed E-state index contributed by atoms with van der Waals surface area (Å²) in [6, 6.07) is 0. The molecule has 0 aliphatic rings. The lowest BCUT2D eigenvalue weighted by Gasteiger charge is -2.11. The van der Waals surface area contributed by atoms with Gasteiger partial charge in [0.25, 0.3) is 0 Å². The van der Waals surface area contributed by atoms with Crippen molar-refractivity contribution in [2.45, 2.75) is 45.6 Å². The van der Waals surface area contributed by atoms with Crippen LogP contribution in [0, 0.1) is 0 Å². The van der Waals surface area contributed by atoms with Crippen LogP contribution >= 0.6 is 0 Å². The van der Waals surface area contributed by atoms with E-state index in [0.29, 0.717) is 6.42 Å². The van der Waals surface area contributed by atoms with E-state index in [1.54, 1.807) is 13.0 Å². The predicted molar refractivity (Wildman–Crippen MR) is 54.9 cm³/mol. The molecule has 3 nitrogen and oxygen atoms in total. The third-order valence-electron chi connectivity index (χ3n) is 1.85. The molecular weight excluding hydrogens is 180 g/mol. The summed E-state index contributed by atoms with van der Waals surface area (Å²) in [6.07, 6.45) is 4.49. The Balaban J connectivity index is 3.57. The Bertz CT molecular complexity index is 209. The summed E-state index contributed by atoms with van der Waals surface area (Å²) in [6.45, 7) is 6.55. The number of unbranched alkanes of at least 4 members (excludes halogenated alkanes) is 1. The second kappa shape index (κ2) is 7.30. The van der Waals surface area contributed by atoms with Gasteiger partial charge >= 0.3 is 5.97 Å². The van der Waals surface area contributed by atoms with Gasteiger partial charge in [-0.25, -0.2) is 0 Å². The average Bonchev–Trinajstić information content (AvgIpc) is 2.09. The van der Waals surface area contributed by atoms with E-state index in [2.05, 4.69) is 6.58 Å². The van der Waals surface area contributed by atoms with Crippen molar-refractivity contribution in [2.75, 3.05) is 0 Å². The van der Waals surface area contributed by atoms with Gasteiger partial charge < -0.3 is 9.53 Å². The summed E-state index contributed by atoms with van der Waals surface area (Å²) in [5.74, 6) is -0.0888. The second-order valence-corrected chi connectivity index (χ2v) is 3.33. The van der Waals surface area contributed by atoms with E-state index in [4.69, 9.17) is 4.74 Å². The Labute approximate surface area is 85.1 Å². The topological polar surface area (TPSA) is 43.4 Å². The van der Waals surface area contributed by atoms with Crippen LogP contribution in [0.1, 0.15) is 39.5 Å². The Morgan fingerprint density at radius 3 is 2.43 bits per heavy atom. The van der Waals surface area contributed by atoms with Crippen molar-refractivity contribution in [3.05, 3.63) is 12.7 Å². The molecule has 1 atom stereocenters. The third kappa shape index (κ3) is 7.53. The third-order valence-corrected chi connectivity index (χ3v) is 1.85. The minimum absolute atomic E-state index is 0.202. The van der Waals surface area contributed by atoms with Crippen LogP contribution in [0.15, 0.2) is 12.7 Å². The molecule has 0 N–H and O–H groups in total. The highest BCUT2D eigenvalue weighted by atomic mass is 16.5. The van der Waals surface area contributed by atoms with Gasteiger partial charge in [0.15, 0.2) is 0 Å². The first-order chi connectivity index (χ1) is 6.56. The smallest absolute Gasteiger partial charge is 0.303 e. The van der Waals surface area contributed by atoms with E-state index in [-0.39, 0.29) is 17.9 Å². The summed E-state index contributed by atoms with van der Waals surface area (Å²) in [5.41, 5.74) is 0. The zero-order chi connectivity index (χ0) is 11.0. The Hall–Kier alpha value is -1.12. The Morgan fingerprint density at radius 2 is 2.00 bits per heavy atom. The molecule has 0 aromatic heterocycles. The fourth-order valence-electron chi connectivity index (χ4n) is 1.16. The van der Waals surface area contributed by atoms with Gasteiger partial charge in [0.1, 0.15) is 11.9 Å². The number of ether oxygens (including phenoxy) is 1. The molecule has 0 heterocycles. The monoisotopic (exact) mass is 198 g/mol. The lowest BCUT2D eigenvalue weighted by atomic mass is 10.1. The van der Waals surface area contributed by atoms with Crippen molar-refractivity contribution in [1.82, 2.24) is 0 Å². The molecule has 3 heteroatoms. The van der Waals surface area contributed by atoms with Gasteiger partial charge in [0.05, 0.1) is 0 Å². The number of hydrogen-bond acceptors (Lipinski definition) is 3. The van der Waals surface area contributed by atoms with Crippen LogP contribution in [0.25, 0.3) is 0 Å². The highest BCUT2D eigenvalue weighted by molar-refractivity contribution is 5.75. The van der Waals surface area contributed by atoms with Crippen LogP contribution in [-0.4, -0.2) is 17.9 Å². The van der Waals surface area contributed by atoms with Crippen LogP contribution in [0.3, 0.4) is 0 Å². The van der Waals surface area contributed by atoms with Crippen molar-refractivity contribution < 1.29 is 14.3 Å². The maximum absolute atomic E-state index is 10.6. The molecule has 0 aromatic carbocycles. The van der Waals surface area contributed by atoms with Crippen LogP contribution in [0.5, 0.6) is 0 Å². The normalized spacial score (nSPS) is 11.9. The standard InChI is InChI=1S/C11H18O3/c1-4-11(14-10(3)13)8-6-5-7-9(2)12/h4,11H,1,5-8H2,2-3H3. The number of hydrogen-bond donors (Lipinski definition) is 0. The molecule has 0 amide bonds. The van der Waals surface area contributed by atoms with Gasteiger partial charge in [-0.2, -0.15) is 0 Å². The maximum atomic E-state index is 10.6. The number of carbonyl (C=O) groups excluding carboxylic acids is 2. The van der Waals surface area contributed by atoms with E-state index in [1.165, 1.54) is 6.92 Å². The summed E-state index contributed by atoms with van der Waals surface area (Å²) >= 11 is 0. The number of carbonyl (C=O) groups is 2. The van der Waals surface area contributed by atoms with Gasteiger partial charge in [-0.1, -0.05) is 12.7 Å². The molecule has 1 unspecified atom stereocenters. The molecule has 80 valence electrons. The van der Waals surface area contributed by atoms with E-state index < -0.39 is 0 Å². The number of rotatable bonds is 7. The molecule has 0 bridgehead atoms. The lowest BCUT2D eigenvalue weighted by molar-refractivity contribution is -0.144. The first-order valence-corrected chi connectivity index (χ1v) is 4.85. The van der Waals surface area contributed by atoms with Crippen LogP contribution in [0.2, 0.25) is 0 Å². The van der Waals surface area contributed by atoms with Crippen LogP contribution in [0.4, 0.5) is 0 Å². The summed E-state index contributed by atoms with van der Waals surface area (Å²) in [7, 11) is 0. The predicted octanol–water partition coefficient (Wildman–Crippen LogP) is 2.25. The van der Waals surface area contributed by atoms with Gasteiger partial charge in [-0.15, -0.1) is 0 Å². The summed E-state index contributed by atoms with van der Waals surface area (Å²) in [5, 5.41) is 0. The summed E-state index contributed by atoms with van der Waals surface area (Å²) in [4.78, 5) is 21.3. The Morgan fingerprint density at radius 1 is 1.36 bits per heavy atom. The van der Waals surface area contributed by atoms with Crippen molar-refractivity contribution in [1.29, 1.82) is 0 Å². The largest absolute Gasteiger partial charge is 0.458 e. The molecule has 14 heavy (non-hydrogen) atoms. The molecule has 0 rings (SSSR count). The van der Waals surface area contributed by atoms with Gasteiger partial charge in [-0.3, -0.25) is 4.79 Å². The maximum Gasteiger partial charge on any atom is 0.303 e. The molecule has 0 radical (unpaired) electrons. The molecule has 0 saturated carbocycles. The zero-order valence-electron chi connectivity index (χ0n) is 8.91. The Kier molecular flexibility index (Phi) is 6.72. The number of esters is 1. The molecule has 0 aromatic rings. The molecule has 0 aliphatic carbocycles. The quantitative estimate of drug-likeness (QED) is 0.358. The van der Waals surface area contributed by atoms with E-state index in [9.17, 15) is 9.59 Å². The SMILES string of the molecule is C=CC(CCCCC(C)=O)OC(C)=O. The zero-order valence-corrected chi connectivity index (χ0v) is 8.91. The van der Waals surface area contributed by atoms with E-state index >= 15 is 0 Å². The van der Waals surface area contributed by atoms with Crippen molar-refractivity contribution >= 4 is 11.8 Å². The minimum Gasteiger partial charge on any atom is -0.458 e. The van der Waals surface area contributed by atoms with E-state index in [0.717, 1.165) is 19.3 Å². The van der Waals surface area contributed by atoms with Crippen LogP contribution < -0.4 is 0 Å². The van der Waals surface area contributed by atoms with Gasteiger partial charge in [0.2, 0.25) is 0 Å². The summed E-state index contributed by atoms with van der Waals surface area (Å²) < 4.78 is 4.96. The molecular formula is C11H18O3. The van der Waals surface area contributed by atoms with Crippen molar-refractivity contribution in [3.63, 3.8) is 0 Å². The fourth-order valence-corrected chi connectivity index (χ4v) is 1.16. The molecule has 0 saturated heterocycles. The fraction of sp³-hybridized carbons (Fsp3) is 0.636. The average molecular weight is 198 g/mol. The number of Topliss-reactive ketones (excluding diaryl/α,β-unsaturated/α-hetero) is 1. The van der Waals surface area contributed by atoms with Gasteiger partial charge in [0, 0.05) is 13.3 Å². The highest BCUT2D eigenvalue weighted by Crippen LogP contribution is 2.08. The second-order valence-electron chi connectivity index (χ2n) is 3.33.